The summed E-state index contributed by atoms with van der Waals surface area (Å²) in [7, 11) is 0. The Morgan fingerprint density at radius 1 is 1.53 bits per heavy atom. The topological polar surface area (TPSA) is 79.1 Å². The van der Waals surface area contributed by atoms with Crippen molar-refractivity contribution >= 4 is 16.7 Å². The number of rotatable bonds is 3. The molecule has 1 unspecified atom stereocenters. The molecule has 0 spiro atoms. The van der Waals surface area contributed by atoms with E-state index in [0.717, 1.165) is 11.2 Å². The molecule has 0 aliphatic rings. The zero-order valence-electron chi connectivity index (χ0n) is 9.95. The Balaban J connectivity index is 2.68. The van der Waals surface area contributed by atoms with Crippen molar-refractivity contribution < 1.29 is 9.90 Å². The number of aromatic hydroxyl groups is 1. The third kappa shape index (κ3) is 1.80. The molecular weight excluding hydrogens is 216 g/mol. The van der Waals surface area contributed by atoms with Crippen LogP contribution < -0.4 is 5.73 Å². The summed E-state index contributed by atoms with van der Waals surface area (Å²) in [6.07, 6.45) is 0.582. The van der Waals surface area contributed by atoms with E-state index >= 15 is 0 Å². The van der Waals surface area contributed by atoms with E-state index < -0.39 is 6.04 Å². The van der Waals surface area contributed by atoms with Crippen molar-refractivity contribution in [2.24, 2.45) is 5.73 Å². The fourth-order valence-electron chi connectivity index (χ4n) is 2.04. The van der Waals surface area contributed by atoms with Crippen molar-refractivity contribution in [1.82, 2.24) is 4.98 Å². The van der Waals surface area contributed by atoms with Gasteiger partial charge in [-0.3, -0.25) is 4.79 Å². The van der Waals surface area contributed by atoms with E-state index in [-0.39, 0.29) is 11.5 Å². The highest BCUT2D eigenvalue weighted by Crippen LogP contribution is 2.30. The molecule has 4 nitrogen and oxygen atoms in total. The van der Waals surface area contributed by atoms with Gasteiger partial charge < -0.3 is 15.8 Å². The maximum absolute atomic E-state index is 12.2. The molecule has 2 rings (SSSR count). The molecule has 4 heteroatoms. The van der Waals surface area contributed by atoms with Crippen LogP contribution in [0.15, 0.2) is 18.2 Å². The van der Waals surface area contributed by atoms with Gasteiger partial charge in [0.1, 0.15) is 5.75 Å². The predicted molar refractivity (Wildman–Crippen MR) is 67.3 cm³/mol. The van der Waals surface area contributed by atoms with Gasteiger partial charge in [0.25, 0.3) is 0 Å². The average Bonchev–Trinajstić information content (AvgIpc) is 2.65. The van der Waals surface area contributed by atoms with E-state index in [4.69, 9.17) is 5.73 Å². The molecule has 0 aliphatic carbocycles. The first-order valence-electron chi connectivity index (χ1n) is 5.66. The zero-order valence-corrected chi connectivity index (χ0v) is 9.95. The van der Waals surface area contributed by atoms with Gasteiger partial charge in [0.2, 0.25) is 0 Å². The molecule has 0 saturated carbocycles. The summed E-state index contributed by atoms with van der Waals surface area (Å²) in [6, 6.07) is 4.62. The minimum Gasteiger partial charge on any atom is -0.507 e. The van der Waals surface area contributed by atoms with Gasteiger partial charge in [0.15, 0.2) is 5.78 Å². The lowest BCUT2D eigenvalue weighted by Crippen LogP contribution is -2.29. The van der Waals surface area contributed by atoms with Gasteiger partial charge in [0.05, 0.1) is 22.5 Å². The van der Waals surface area contributed by atoms with Crippen molar-refractivity contribution in [3.05, 3.63) is 29.5 Å². The quantitative estimate of drug-likeness (QED) is 0.709. The predicted octanol–water partition coefficient (Wildman–Crippen LogP) is 2.10. The molecule has 4 N–H and O–H groups in total. The van der Waals surface area contributed by atoms with Crippen molar-refractivity contribution in [3.63, 3.8) is 0 Å². The van der Waals surface area contributed by atoms with E-state index in [9.17, 15) is 9.90 Å². The molecular formula is C13H16N2O2. The molecule has 0 bridgehead atoms. The second-order valence-corrected chi connectivity index (χ2v) is 4.20. The number of aromatic nitrogens is 1. The van der Waals surface area contributed by atoms with E-state index in [0.29, 0.717) is 17.4 Å². The van der Waals surface area contributed by atoms with Gasteiger partial charge in [-0.15, -0.1) is 0 Å². The molecule has 0 amide bonds. The molecule has 1 aromatic heterocycles. The maximum Gasteiger partial charge on any atom is 0.182 e. The fourth-order valence-corrected chi connectivity index (χ4v) is 2.04. The number of H-pyrrole nitrogens is 1. The maximum atomic E-state index is 12.2. The summed E-state index contributed by atoms with van der Waals surface area (Å²) < 4.78 is 0. The number of carbonyl (C=O) groups is 1. The molecule has 1 heterocycles. The van der Waals surface area contributed by atoms with Crippen LogP contribution in [0.4, 0.5) is 0 Å². The van der Waals surface area contributed by atoms with Crippen LogP contribution >= 0.6 is 0 Å². The Kier molecular flexibility index (Phi) is 2.90. The highest BCUT2D eigenvalue weighted by atomic mass is 16.3. The smallest absolute Gasteiger partial charge is 0.182 e. The lowest BCUT2D eigenvalue weighted by molar-refractivity contribution is 0.0960. The van der Waals surface area contributed by atoms with Gasteiger partial charge in [0, 0.05) is 5.69 Å². The molecule has 0 radical (unpaired) electrons. The molecule has 90 valence electrons. The summed E-state index contributed by atoms with van der Waals surface area (Å²) in [5, 5.41) is 10.4. The minimum absolute atomic E-state index is 0.110. The van der Waals surface area contributed by atoms with Crippen molar-refractivity contribution in [2.75, 3.05) is 0 Å². The second-order valence-electron chi connectivity index (χ2n) is 4.20. The van der Waals surface area contributed by atoms with Crippen LogP contribution in [0.25, 0.3) is 10.9 Å². The lowest BCUT2D eigenvalue weighted by Gasteiger charge is -2.08. The number of hydrogen-bond acceptors (Lipinski definition) is 3. The van der Waals surface area contributed by atoms with Crippen LogP contribution in [-0.2, 0) is 0 Å². The van der Waals surface area contributed by atoms with Crippen LogP contribution in [0.2, 0.25) is 0 Å². The highest BCUT2D eigenvalue weighted by molar-refractivity contribution is 6.13. The number of aromatic amines is 1. The normalized spacial score (nSPS) is 12.9. The fraction of sp³-hybridized carbons (Fsp3) is 0.308. The number of carbonyl (C=O) groups excluding carboxylic acids is 1. The van der Waals surface area contributed by atoms with Crippen LogP contribution in [0, 0.1) is 6.92 Å². The molecule has 0 aliphatic heterocycles. The summed E-state index contributed by atoms with van der Waals surface area (Å²) in [4.78, 5) is 15.3. The SMILES string of the molecule is CCC(N)C(=O)c1c(C)[nH]c2cccc(O)c12. The number of Topliss-reactive ketones (excluding diaryl/α,β-unsaturated/α-hetero) is 1. The number of phenols is 1. The van der Waals surface area contributed by atoms with Crippen LogP contribution in [-0.4, -0.2) is 21.9 Å². The molecule has 1 atom stereocenters. The van der Waals surface area contributed by atoms with E-state index in [1.165, 1.54) is 0 Å². The monoisotopic (exact) mass is 232 g/mol. The van der Waals surface area contributed by atoms with Crippen LogP contribution in [0.1, 0.15) is 29.4 Å². The van der Waals surface area contributed by atoms with Gasteiger partial charge in [-0.1, -0.05) is 13.0 Å². The van der Waals surface area contributed by atoms with Crippen LogP contribution in [0.3, 0.4) is 0 Å². The molecule has 0 fully saturated rings. The van der Waals surface area contributed by atoms with Gasteiger partial charge >= 0.3 is 0 Å². The van der Waals surface area contributed by atoms with E-state index in [1.54, 1.807) is 12.1 Å². The van der Waals surface area contributed by atoms with Gasteiger partial charge in [-0.25, -0.2) is 0 Å². The average molecular weight is 232 g/mol. The Bertz CT molecular complexity index is 572. The zero-order chi connectivity index (χ0) is 12.6. The number of hydrogen-bond donors (Lipinski definition) is 3. The number of fused-ring (bicyclic) bond motifs is 1. The molecule has 2 aromatic rings. The summed E-state index contributed by atoms with van der Waals surface area (Å²) in [5.41, 5.74) is 7.78. The summed E-state index contributed by atoms with van der Waals surface area (Å²) in [5.74, 6) is -0.0174. The first-order chi connectivity index (χ1) is 8.06. The Morgan fingerprint density at radius 3 is 2.88 bits per heavy atom. The summed E-state index contributed by atoms with van der Waals surface area (Å²) in [6.45, 7) is 3.68. The number of aryl methyl sites for hydroxylation is 1. The van der Waals surface area contributed by atoms with Crippen LogP contribution in [0.5, 0.6) is 5.75 Å². The summed E-state index contributed by atoms with van der Waals surface area (Å²) >= 11 is 0. The number of nitrogens with two attached hydrogens (primary N) is 1. The largest absolute Gasteiger partial charge is 0.507 e. The van der Waals surface area contributed by atoms with Gasteiger partial charge in [-0.05, 0) is 25.5 Å². The third-order valence-corrected chi connectivity index (χ3v) is 3.01. The number of benzene rings is 1. The van der Waals surface area contributed by atoms with Gasteiger partial charge in [-0.2, -0.15) is 0 Å². The Hall–Kier alpha value is -1.81. The molecule has 17 heavy (non-hydrogen) atoms. The highest BCUT2D eigenvalue weighted by Gasteiger charge is 2.22. The first kappa shape index (κ1) is 11.7. The lowest BCUT2D eigenvalue weighted by atomic mass is 9.99. The van der Waals surface area contributed by atoms with Crippen molar-refractivity contribution in [2.45, 2.75) is 26.3 Å². The standard InChI is InChI=1S/C13H16N2O2/c1-3-8(14)13(17)11-7(2)15-9-5-4-6-10(16)12(9)11/h4-6,8,15-16H,3,14H2,1-2H3. The molecule has 1 aromatic carbocycles. The Morgan fingerprint density at radius 2 is 2.24 bits per heavy atom. The van der Waals surface area contributed by atoms with Crippen molar-refractivity contribution in [1.29, 1.82) is 0 Å². The third-order valence-electron chi connectivity index (χ3n) is 3.01. The minimum atomic E-state index is -0.521. The first-order valence-corrected chi connectivity index (χ1v) is 5.66. The van der Waals surface area contributed by atoms with Crippen molar-refractivity contribution in [3.8, 4) is 5.75 Å². The molecule has 0 saturated heterocycles. The Labute approximate surface area is 99.4 Å². The second kappa shape index (κ2) is 4.22. The number of phenolic OH excluding ortho intramolecular Hbond substituents is 1. The van der Waals surface area contributed by atoms with E-state index in [1.807, 2.05) is 19.9 Å². The van der Waals surface area contributed by atoms with E-state index in [2.05, 4.69) is 4.98 Å². The number of nitrogens with one attached hydrogen (secondary N) is 1. The number of ketones is 1.